The van der Waals surface area contributed by atoms with Gasteiger partial charge in [0.25, 0.3) is 0 Å². The fourth-order valence-electron chi connectivity index (χ4n) is 1.75. The van der Waals surface area contributed by atoms with Crippen molar-refractivity contribution in [1.82, 2.24) is 5.32 Å². The first-order valence-electron chi connectivity index (χ1n) is 5.62. The summed E-state index contributed by atoms with van der Waals surface area (Å²) in [6, 6.07) is 0. The molecule has 1 heterocycles. The molecule has 0 aromatic rings. The van der Waals surface area contributed by atoms with Crippen molar-refractivity contribution in [2.75, 3.05) is 26.4 Å². The molecule has 14 heavy (non-hydrogen) atoms. The third-order valence-corrected chi connectivity index (χ3v) is 2.85. The van der Waals surface area contributed by atoms with Gasteiger partial charge < -0.3 is 15.2 Å². The maximum Gasteiger partial charge on any atom is 0.0670 e. The van der Waals surface area contributed by atoms with Crippen molar-refractivity contribution in [1.29, 1.82) is 0 Å². The van der Waals surface area contributed by atoms with Crippen LogP contribution in [-0.2, 0) is 4.74 Å². The van der Waals surface area contributed by atoms with E-state index in [2.05, 4.69) is 19.2 Å². The standard InChI is InChI=1S/C11H23NO2/c1-10(2)4-5-11(8-13)9-14-7-3-6-12-11/h10,12-13H,3-9H2,1-2H3. The third-order valence-electron chi connectivity index (χ3n) is 2.85. The summed E-state index contributed by atoms with van der Waals surface area (Å²) in [6.45, 7) is 7.02. The highest BCUT2D eigenvalue weighted by atomic mass is 16.5. The van der Waals surface area contributed by atoms with E-state index in [1.54, 1.807) is 0 Å². The van der Waals surface area contributed by atoms with E-state index in [0.717, 1.165) is 32.4 Å². The van der Waals surface area contributed by atoms with Crippen LogP contribution in [0.25, 0.3) is 0 Å². The minimum atomic E-state index is -0.180. The van der Waals surface area contributed by atoms with E-state index >= 15 is 0 Å². The number of ether oxygens (including phenoxy) is 1. The Hall–Kier alpha value is -0.120. The Morgan fingerprint density at radius 1 is 1.50 bits per heavy atom. The maximum absolute atomic E-state index is 9.44. The third kappa shape index (κ3) is 3.56. The van der Waals surface area contributed by atoms with Gasteiger partial charge in [-0.25, -0.2) is 0 Å². The Morgan fingerprint density at radius 3 is 2.93 bits per heavy atom. The van der Waals surface area contributed by atoms with Crippen LogP contribution < -0.4 is 5.32 Å². The Morgan fingerprint density at radius 2 is 2.29 bits per heavy atom. The first-order valence-corrected chi connectivity index (χ1v) is 5.62. The van der Waals surface area contributed by atoms with Gasteiger partial charge in [-0.15, -0.1) is 0 Å². The number of hydrogen-bond acceptors (Lipinski definition) is 3. The van der Waals surface area contributed by atoms with Gasteiger partial charge in [-0.05, 0) is 31.7 Å². The maximum atomic E-state index is 9.44. The number of aliphatic hydroxyl groups excluding tert-OH is 1. The number of hydrogen-bond donors (Lipinski definition) is 2. The van der Waals surface area contributed by atoms with Crippen molar-refractivity contribution in [2.24, 2.45) is 5.92 Å². The lowest BCUT2D eigenvalue weighted by Gasteiger charge is -2.31. The molecule has 0 aromatic heterocycles. The van der Waals surface area contributed by atoms with Gasteiger partial charge in [0.05, 0.1) is 18.8 Å². The van der Waals surface area contributed by atoms with Crippen LogP contribution in [0.1, 0.15) is 33.1 Å². The lowest BCUT2D eigenvalue weighted by Crippen LogP contribution is -2.51. The van der Waals surface area contributed by atoms with Gasteiger partial charge in [-0.3, -0.25) is 0 Å². The Kier molecular flexibility index (Phi) is 4.85. The Labute approximate surface area is 86.8 Å². The molecule has 1 atom stereocenters. The van der Waals surface area contributed by atoms with Crippen LogP contribution in [-0.4, -0.2) is 37.0 Å². The average Bonchev–Trinajstić information content (AvgIpc) is 2.41. The predicted octanol–water partition coefficient (Wildman–Crippen LogP) is 1.16. The number of nitrogens with one attached hydrogen (secondary N) is 1. The molecule has 0 aromatic carbocycles. The zero-order chi connectivity index (χ0) is 10.4. The minimum absolute atomic E-state index is 0.180. The molecule has 2 N–H and O–H groups in total. The van der Waals surface area contributed by atoms with Gasteiger partial charge in [0.1, 0.15) is 0 Å². The topological polar surface area (TPSA) is 41.5 Å². The van der Waals surface area contributed by atoms with Gasteiger partial charge in [0.2, 0.25) is 0 Å². The van der Waals surface area contributed by atoms with Crippen LogP contribution in [0, 0.1) is 5.92 Å². The molecule has 84 valence electrons. The van der Waals surface area contributed by atoms with Crippen molar-refractivity contribution in [3.8, 4) is 0 Å². The van der Waals surface area contributed by atoms with Crippen LogP contribution in [0.3, 0.4) is 0 Å². The fraction of sp³-hybridized carbons (Fsp3) is 1.00. The van der Waals surface area contributed by atoms with Crippen molar-refractivity contribution in [2.45, 2.75) is 38.6 Å². The molecule has 1 aliphatic heterocycles. The quantitative estimate of drug-likeness (QED) is 0.717. The van der Waals surface area contributed by atoms with Gasteiger partial charge >= 0.3 is 0 Å². The van der Waals surface area contributed by atoms with Crippen molar-refractivity contribution in [3.63, 3.8) is 0 Å². The molecule has 1 aliphatic rings. The highest BCUT2D eigenvalue weighted by Gasteiger charge is 2.30. The fourth-order valence-corrected chi connectivity index (χ4v) is 1.75. The van der Waals surface area contributed by atoms with E-state index in [-0.39, 0.29) is 12.1 Å². The molecule has 0 saturated carbocycles. The lowest BCUT2D eigenvalue weighted by atomic mass is 9.91. The molecule has 0 spiro atoms. The summed E-state index contributed by atoms with van der Waals surface area (Å²) < 4.78 is 5.51. The molecule has 1 saturated heterocycles. The zero-order valence-electron chi connectivity index (χ0n) is 9.38. The number of aliphatic hydroxyl groups is 1. The monoisotopic (exact) mass is 201 g/mol. The van der Waals surface area contributed by atoms with Crippen LogP contribution in [0.2, 0.25) is 0 Å². The molecule has 3 heteroatoms. The summed E-state index contributed by atoms with van der Waals surface area (Å²) in [6.07, 6.45) is 3.18. The molecule has 0 amide bonds. The molecule has 1 rings (SSSR count). The molecule has 0 radical (unpaired) electrons. The van der Waals surface area contributed by atoms with E-state index in [9.17, 15) is 5.11 Å². The van der Waals surface area contributed by atoms with E-state index in [1.807, 2.05) is 0 Å². The van der Waals surface area contributed by atoms with Gasteiger partial charge in [-0.2, -0.15) is 0 Å². The van der Waals surface area contributed by atoms with E-state index < -0.39 is 0 Å². The minimum Gasteiger partial charge on any atom is -0.394 e. The van der Waals surface area contributed by atoms with Crippen molar-refractivity contribution < 1.29 is 9.84 Å². The highest BCUT2D eigenvalue weighted by molar-refractivity contribution is 4.88. The summed E-state index contributed by atoms with van der Waals surface area (Å²) in [4.78, 5) is 0. The van der Waals surface area contributed by atoms with E-state index in [4.69, 9.17) is 4.74 Å². The summed E-state index contributed by atoms with van der Waals surface area (Å²) in [7, 11) is 0. The Balaban J connectivity index is 2.45. The van der Waals surface area contributed by atoms with Crippen LogP contribution in [0.15, 0.2) is 0 Å². The van der Waals surface area contributed by atoms with Crippen LogP contribution in [0.5, 0.6) is 0 Å². The molecule has 1 fully saturated rings. The Bertz CT molecular complexity index is 151. The molecular weight excluding hydrogens is 178 g/mol. The molecule has 0 aliphatic carbocycles. The normalized spacial score (nSPS) is 29.1. The van der Waals surface area contributed by atoms with Gasteiger partial charge in [-0.1, -0.05) is 13.8 Å². The van der Waals surface area contributed by atoms with Crippen LogP contribution in [0.4, 0.5) is 0 Å². The first kappa shape index (κ1) is 12.0. The second kappa shape index (κ2) is 5.69. The summed E-state index contributed by atoms with van der Waals surface area (Å²) in [5, 5.41) is 12.9. The number of rotatable bonds is 4. The van der Waals surface area contributed by atoms with Crippen molar-refractivity contribution >= 4 is 0 Å². The van der Waals surface area contributed by atoms with E-state index in [0.29, 0.717) is 12.5 Å². The largest absolute Gasteiger partial charge is 0.394 e. The molecule has 1 unspecified atom stereocenters. The van der Waals surface area contributed by atoms with Crippen molar-refractivity contribution in [3.05, 3.63) is 0 Å². The van der Waals surface area contributed by atoms with Crippen LogP contribution >= 0.6 is 0 Å². The van der Waals surface area contributed by atoms with Gasteiger partial charge in [0.15, 0.2) is 0 Å². The molecular formula is C11H23NO2. The SMILES string of the molecule is CC(C)CCC1(CO)COCCCN1. The summed E-state index contributed by atoms with van der Waals surface area (Å²) in [5.74, 6) is 0.684. The predicted molar refractivity (Wildman–Crippen MR) is 57.3 cm³/mol. The zero-order valence-corrected chi connectivity index (χ0v) is 9.38. The summed E-state index contributed by atoms with van der Waals surface area (Å²) in [5.41, 5.74) is -0.180. The summed E-state index contributed by atoms with van der Waals surface area (Å²) >= 11 is 0. The highest BCUT2D eigenvalue weighted by Crippen LogP contribution is 2.19. The molecule has 0 bridgehead atoms. The molecule has 3 nitrogen and oxygen atoms in total. The second-order valence-corrected chi connectivity index (χ2v) is 4.70. The lowest BCUT2D eigenvalue weighted by molar-refractivity contribution is 0.0490. The first-order chi connectivity index (χ1) is 6.68. The second-order valence-electron chi connectivity index (χ2n) is 4.70. The van der Waals surface area contributed by atoms with E-state index in [1.165, 1.54) is 0 Å². The van der Waals surface area contributed by atoms with Gasteiger partial charge in [0, 0.05) is 6.61 Å². The average molecular weight is 201 g/mol. The smallest absolute Gasteiger partial charge is 0.0670 e.